The van der Waals surface area contributed by atoms with Gasteiger partial charge >= 0.3 is 6.03 Å². The summed E-state index contributed by atoms with van der Waals surface area (Å²) in [5.41, 5.74) is 1.91. The number of carbonyl (C=O) groups is 2. The van der Waals surface area contributed by atoms with E-state index in [-0.39, 0.29) is 31.2 Å². The lowest BCUT2D eigenvalue weighted by Crippen LogP contribution is -2.36. The first kappa shape index (κ1) is 21.4. The first-order valence-corrected chi connectivity index (χ1v) is 10.1. The Hall–Kier alpha value is -3.26. The van der Waals surface area contributed by atoms with Gasteiger partial charge in [-0.3, -0.25) is 9.78 Å². The van der Waals surface area contributed by atoms with Crippen molar-refractivity contribution in [1.82, 2.24) is 10.3 Å². The quantitative estimate of drug-likeness (QED) is 0.524. The summed E-state index contributed by atoms with van der Waals surface area (Å²) in [6.45, 7) is 0.400. The third-order valence-corrected chi connectivity index (χ3v) is 4.74. The number of aromatic nitrogens is 1. The van der Waals surface area contributed by atoms with Crippen molar-refractivity contribution in [3.8, 4) is 0 Å². The van der Waals surface area contributed by atoms with E-state index in [9.17, 15) is 14.0 Å². The van der Waals surface area contributed by atoms with Gasteiger partial charge in [0.05, 0.1) is 12.2 Å². The molecule has 3 aromatic rings. The summed E-state index contributed by atoms with van der Waals surface area (Å²) in [6, 6.07) is 17.9. The largest absolute Gasteiger partial charge is 0.337 e. The van der Waals surface area contributed by atoms with Crippen molar-refractivity contribution in [3.63, 3.8) is 0 Å². The van der Waals surface area contributed by atoms with Gasteiger partial charge in [0.2, 0.25) is 5.91 Å². The van der Waals surface area contributed by atoms with Crippen LogP contribution in [0, 0.1) is 5.82 Å². The molecule has 2 N–H and O–H groups in total. The van der Waals surface area contributed by atoms with Crippen molar-refractivity contribution in [2.24, 2.45) is 0 Å². The second-order valence-corrected chi connectivity index (χ2v) is 7.33. The summed E-state index contributed by atoms with van der Waals surface area (Å²) >= 11 is 3.33. The molecule has 0 spiro atoms. The second kappa shape index (κ2) is 10.5. The Labute approximate surface area is 182 Å². The van der Waals surface area contributed by atoms with Gasteiger partial charge in [0.1, 0.15) is 5.82 Å². The zero-order valence-electron chi connectivity index (χ0n) is 16.0. The molecule has 6 nitrogen and oxygen atoms in total. The molecular weight excluding hydrogens is 451 g/mol. The Morgan fingerprint density at radius 3 is 2.40 bits per heavy atom. The number of hydrogen-bond donors (Lipinski definition) is 2. The van der Waals surface area contributed by atoms with Gasteiger partial charge in [0.25, 0.3) is 0 Å². The number of halogens is 2. The van der Waals surface area contributed by atoms with Crippen molar-refractivity contribution >= 4 is 39.2 Å². The lowest BCUT2D eigenvalue weighted by molar-refractivity contribution is -0.118. The Morgan fingerprint density at radius 2 is 1.73 bits per heavy atom. The van der Waals surface area contributed by atoms with Gasteiger partial charge in [0, 0.05) is 35.0 Å². The highest BCUT2D eigenvalue weighted by molar-refractivity contribution is 9.10. The van der Waals surface area contributed by atoms with E-state index in [1.165, 1.54) is 17.0 Å². The van der Waals surface area contributed by atoms with E-state index in [2.05, 4.69) is 31.5 Å². The van der Waals surface area contributed by atoms with Crippen LogP contribution in [-0.2, 0) is 11.3 Å². The zero-order chi connectivity index (χ0) is 21.3. The third-order valence-electron chi connectivity index (χ3n) is 4.21. The smallest absolute Gasteiger partial charge is 0.319 e. The Morgan fingerprint density at radius 1 is 1.00 bits per heavy atom. The van der Waals surface area contributed by atoms with Crippen molar-refractivity contribution in [2.75, 3.05) is 16.8 Å². The number of urea groups is 1. The summed E-state index contributed by atoms with van der Waals surface area (Å²) in [5, 5.41) is 5.37. The average molecular weight is 471 g/mol. The first-order chi connectivity index (χ1) is 14.5. The number of nitrogens with zero attached hydrogens (tertiary/aromatic N) is 2. The fraction of sp³-hybridized carbons (Fsp3) is 0.136. The van der Waals surface area contributed by atoms with Crippen molar-refractivity contribution in [3.05, 3.63) is 88.9 Å². The summed E-state index contributed by atoms with van der Waals surface area (Å²) in [6.07, 6.45) is 1.73. The summed E-state index contributed by atoms with van der Waals surface area (Å²) in [4.78, 5) is 30.7. The molecular formula is C22H20BrFN4O2. The van der Waals surface area contributed by atoms with Crippen LogP contribution in [-0.4, -0.2) is 23.5 Å². The Bertz CT molecular complexity index is 982. The van der Waals surface area contributed by atoms with Crippen LogP contribution in [0.3, 0.4) is 0 Å². The highest BCUT2D eigenvalue weighted by Crippen LogP contribution is 2.18. The van der Waals surface area contributed by atoms with Gasteiger partial charge in [0.15, 0.2) is 0 Å². The lowest BCUT2D eigenvalue weighted by atomic mass is 10.2. The molecule has 0 aliphatic carbocycles. The van der Waals surface area contributed by atoms with Crippen LogP contribution in [0.2, 0.25) is 0 Å². The summed E-state index contributed by atoms with van der Waals surface area (Å²) in [5.74, 6) is -0.591. The fourth-order valence-electron chi connectivity index (χ4n) is 2.72. The number of nitrogens with one attached hydrogen (secondary N) is 2. The van der Waals surface area contributed by atoms with Crippen molar-refractivity contribution < 1.29 is 14.0 Å². The number of anilines is 2. The van der Waals surface area contributed by atoms with E-state index < -0.39 is 6.03 Å². The molecule has 0 saturated heterocycles. The molecule has 3 amide bonds. The molecule has 0 unspecified atom stereocenters. The maximum absolute atomic E-state index is 13.3. The monoisotopic (exact) mass is 470 g/mol. The molecule has 8 heteroatoms. The molecule has 0 radical (unpaired) electrons. The zero-order valence-corrected chi connectivity index (χ0v) is 17.6. The van der Waals surface area contributed by atoms with Crippen LogP contribution in [0.1, 0.15) is 12.1 Å². The number of hydrogen-bond acceptors (Lipinski definition) is 3. The number of pyridine rings is 1. The van der Waals surface area contributed by atoms with E-state index >= 15 is 0 Å². The molecule has 0 saturated carbocycles. The maximum atomic E-state index is 13.3. The van der Waals surface area contributed by atoms with Crippen molar-refractivity contribution in [2.45, 2.75) is 13.0 Å². The fourth-order valence-corrected chi connectivity index (χ4v) is 2.99. The van der Waals surface area contributed by atoms with Gasteiger partial charge in [-0.15, -0.1) is 0 Å². The normalized spacial score (nSPS) is 10.3. The predicted molar refractivity (Wildman–Crippen MR) is 118 cm³/mol. The van der Waals surface area contributed by atoms with Crippen LogP contribution in [0.4, 0.5) is 20.6 Å². The highest BCUT2D eigenvalue weighted by Gasteiger charge is 2.17. The molecule has 0 aliphatic heterocycles. The highest BCUT2D eigenvalue weighted by atomic mass is 79.9. The second-order valence-electron chi connectivity index (χ2n) is 6.42. The lowest BCUT2D eigenvalue weighted by Gasteiger charge is -2.23. The Kier molecular flexibility index (Phi) is 7.51. The number of carbonyl (C=O) groups excluding carboxylic acids is 2. The van der Waals surface area contributed by atoms with Crippen LogP contribution in [0.15, 0.2) is 77.4 Å². The van der Waals surface area contributed by atoms with Crippen LogP contribution in [0.5, 0.6) is 0 Å². The molecule has 0 atom stereocenters. The predicted octanol–water partition coefficient (Wildman–Crippen LogP) is 4.73. The van der Waals surface area contributed by atoms with Gasteiger partial charge in [-0.05, 0) is 60.7 Å². The van der Waals surface area contributed by atoms with Gasteiger partial charge in [-0.2, -0.15) is 0 Å². The minimum Gasteiger partial charge on any atom is -0.337 e. The van der Waals surface area contributed by atoms with Gasteiger partial charge < -0.3 is 15.5 Å². The topological polar surface area (TPSA) is 74.3 Å². The van der Waals surface area contributed by atoms with Crippen LogP contribution < -0.4 is 15.5 Å². The average Bonchev–Trinajstić information content (AvgIpc) is 2.75. The Balaban J connectivity index is 1.59. The number of benzene rings is 2. The third kappa shape index (κ3) is 6.38. The van der Waals surface area contributed by atoms with E-state index in [0.717, 1.165) is 4.47 Å². The molecule has 2 aromatic carbocycles. The number of amides is 3. The standard InChI is InChI=1S/C22H20BrFN4O2/c23-16-4-8-18(9-5-16)27-22(30)26-14-12-21(29)28(15-19-3-1-2-13-25-19)20-10-6-17(24)7-11-20/h1-11,13H,12,14-15H2,(H2,26,27,30). The van der Waals surface area contributed by atoms with E-state index in [4.69, 9.17) is 0 Å². The summed E-state index contributed by atoms with van der Waals surface area (Å²) in [7, 11) is 0. The first-order valence-electron chi connectivity index (χ1n) is 9.27. The van der Waals surface area contributed by atoms with E-state index in [1.54, 1.807) is 36.5 Å². The van der Waals surface area contributed by atoms with E-state index in [1.807, 2.05) is 24.3 Å². The van der Waals surface area contributed by atoms with Gasteiger partial charge in [-0.25, -0.2) is 9.18 Å². The minimum absolute atomic E-state index is 0.0813. The van der Waals surface area contributed by atoms with Crippen LogP contribution in [0.25, 0.3) is 0 Å². The molecule has 30 heavy (non-hydrogen) atoms. The maximum Gasteiger partial charge on any atom is 0.319 e. The summed E-state index contributed by atoms with van der Waals surface area (Å²) < 4.78 is 14.2. The molecule has 0 aliphatic rings. The SMILES string of the molecule is O=C(NCCC(=O)N(Cc1ccccn1)c1ccc(F)cc1)Nc1ccc(Br)cc1. The van der Waals surface area contributed by atoms with E-state index in [0.29, 0.717) is 17.1 Å². The van der Waals surface area contributed by atoms with Crippen molar-refractivity contribution in [1.29, 1.82) is 0 Å². The van der Waals surface area contributed by atoms with Gasteiger partial charge in [-0.1, -0.05) is 22.0 Å². The minimum atomic E-state index is -0.400. The molecule has 1 heterocycles. The van der Waals surface area contributed by atoms with Crippen LogP contribution >= 0.6 is 15.9 Å². The number of rotatable bonds is 7. The molecule has 1 aromatic heterocycles. The molecule has 3 rings (SSSR count). The molecule has 154 valence electrons. The molecule has 0 bridgehead atoms. The molecule has 0 fully saturated rings.